The van der Waals surface area contributed by atoms with E-state index < -0.39 is 0 Å². The lowest BCUT2D eigenvalue weighted by atomic mass is 9.84. The monoisotopic (exact) mass is 345 g/mol. The minimum Gasteiger partial charge on any atom is -0.347 e. The van der Waals surface area contributed by atoms with Gasteiger partial charge < -0.3 is 10.2 Å². The molecule has 1 aromatic carbocycles. The summed E-state index contributed by atoms with van der Waals surface area (Å²) in [6.45, 7) is 3.07. The van der Waals surface area contributed by atoms with Gasteiger partial charge in [-0.3, -0.25) is 14.9 Å². The molecule has 3 aliphatic heterocycles. The molecule has 7 heteroatoms. The van der Waals surface area contributed by atoms with Gasteiger partial charge in [0, 0.05) is 27.8 Å². The fourth-order valence-corrected chi connectivity index (χ4v) is 4.77. The van der Waals surface area contributed by atoms with E-state index in [-0.39, 0.29) is 23.4 Å². The van der Waals surface area contributed by atoms with Crippen molar-refractivity contribution in [2.75, 3.05) is 19.6 Å². The molecule has 5 rings (SSSR count). The van der Waals surface area contributed by atoms with E-state index in [1.807, 2.05) is 12.1 Å². The Morgan fingerprint density at radius 2 is 2.12 bits per heavy atom. The first-order valence-electron chi connectivity index (χ1n) is 8.26. The van der Waals surface area contributed by atoms with Gasteiger partial charge >= 0.3 is 0 Å². The first-order chi connectivity index (χ1) is 11.6. The molecule has 126 valence electrons. The second-order valence-corrected chi connectivity index (χ2v) is 7.78. The van der Waals surface area contributed by atoms with Crippen molar-refractivity contribution in [2.45, 2.75) is 25.4 Å². The van der Waals surface area contributed by atoms with Crippen LogP contribution in [0.5, 0.6) is 0 Å². The fraction of sp³-hybridized carbons (Fsp3) is 0.471. The van der Waals surface area contributed by atoms with Crippen LogP contribution >= 0.6 is 11.3 Å². The number of nitrogens with zero attached hydrogens (tertiary/aromatic N) is 2. The van der Waals surface area contributed by atoms with Gasteiger partial charge in [0.05, 0.1) is 4.88 Å². The molecule has 3 aliphatic rings. The van der Waals surface area contributed by atoms with Gasteiger partial charge in [0.25, 0.3) is 5.91 Å². The Hall–Kier alpha value is -1.99. The van der Waals surface area contributed by atoms with Crippen molar-refractivity contribution < 1.29 is 9.72 Å². The summed E-state index contributed by atoms with van der Waals surface area (Å²) in [6.07, 6.45) is 2.34. The van der Waals surface area contributed by atoms with Gasteiger partial charge in [0.1, 0.15) is 0 Å². The van der Waals surface area contributed by atoms with Gasteiger partial charge in [-0.15, -0.1) is 11.3 Å². The third-order valence-electron chi connectivity index (χ3n) is 5.09. The van der Waals surface area contributed by atoms with Crippen LogP contribution in [0.25, 0.3) is 10.1 Å². The minimum absolute atomic E-state index is 0.0224. The summed E-state index contributed by atoms with van der Waals surface area (Å²) >= 11 is 1.45. The van der Waals surface area contributed by atoms with Crippen LogP contribution in [-0.4, -0.2) is 41.4 Å². The van der Waals surface area contributed by atoms with Crippen LogP contribution in [0.1, 0.15) is 28.1 Å². The van der Waals surface area contributed by atoms with E-state index >= 15 is 0 Å². The van der Waals surface area contributed by atoms with Crippen LogP contribution < -0.4 is 5.32 Å². The number of piperidine rings is 3. The highest BCUT2D eigenvalue weighted by atomic mass is 32.1. The zero-order valence-electron chi connectivity index (χ0n) is 13.2. The van der Waals surface area contributed by atoms with Crippen molar-refractivity contribution >= 4 is 27.3 Å². The molecule has 1 aromatic heterocycles. The SMILES string of the molecule is O=C(NC1CN2CCC1CC2)c1cc2cc(C[N+](=O)[O-])ccc2s1. The summed E-state index contributed by atoms with van der Waals surface area (Å²) in [5, 5.41) is 14.7. The van der Waals surface area contributed by atoms with Crippen molar-refractivity contribution in [2.24, 2.45) is 5.92 Å². The normalized spacial score (nSPS) is 25.8. The molecule has 3 saturated heterocycles. The van der Waals surface area contributed by atoms with Gasteiger partial charge in [-0.1, -0.05) is 6.07 Å². The summed E-state index contributed by atoms with van der Waals surface area (Å²) in [5.41, 5.74) is 0.662. The lowest BCUT2D eigenvalue weighted by Crippen LogP contribution is -2.57. The molecule has 0 aliphatic carbocycles. The highest BCUT2D eigenvalue weighted by molar-refractivity contribution is 7.20. The van der Waals surface area contributed by atoms with E-state index in [0.29, 0.717) is 16.4 Å². The van der Waals surface area contributed by atoms with Crippen molar-refractivity contribution in [3.8, 4) is 0 Å². The van der Waals surface area contributed by atoms with E-state index in [4.69, 9.17) is 0 Å². The molecule has 6 nitrogen and oxygen atoms in total. The standard InChI is InChI=1S/C17H19N3O3S/c21-17(18-14-10-19-5-3-12(14)4-6-19)16-8-13-7-11(9-20(22)23)1-2-15(13)24-16/h1-2,7-8,12,14H,3-6,9-10H2,(H,18,21). The van der Waals surface area contributed by atoms with E-state index in [0.717, 1.165) is 29.7 Å². The molecule has 3 fully saturated rings. The number of hydrogen-bond donors (Lipinski definition) is 1. The maximum atomic E-state index is 12.6. The molecule has 0 saturated carbocycles. The highest BCUT2D eigenvalue weighted by Crippen LogP contribution is 2.30. The second kappa shape index (κ2) is 6.14. The number of thiophene rings is 1. The molecule has 0 radical (unpaired) electrons. The number of nitro groups is 1. The maximum Gasteiger partial charge on any atom is 0.261 e. The summed E-state index contributed by atoms with van der Waals surface area (Å²) in [6, 6.07) is 7.52. The third kappa shape index (κ3) is 3.01. The molecule has 2 bridgehead atoms. The quantitative estimate of drug-likeness (QED) is 0.682. The average molecular weight is 345 g/mol. The number of hydrogen-bond acceptors (Lipinski definition) is 5. The number of nitrogens with one attached hydrogen (secondary N) is 1. The number of carbonyl (C=O) groups is 1. The van der Waals surface area contributed by atoms with Crippen LogP contribution in [0.4, 0.5) is 0 Å². The largest absolute Gasteiger partial charge is 0.347 e. The topological polar surface area (TPSA) is 75.5 Å². The molecular weight excluding hydrogens is 326 g/mol. The zero-order chi connectivity index (χ0) is 16.7. The van der Waals surface area contributed by atoms with E-state index in [2.05, 4.69) is 10.2 Å². The predicted octanol–water partition coefficient (Wildman–Crippen LogP) is 2.50. The summed E-state index contributed by atoms with van der Waals surface area (Å²) in [5.74, 6) is 0.575. The van der Waals surface area contributed by atoms with Crippen LogP contribution in [0.15, 0.2) is 24.3 Å². The average Bonchev–Trinajstić information content (AvgIpc) is 2.99. The Kier molecular flexibility index (Phi) is 3.97. The van der Waals surface area contributed by atoms with Gasteiger partial charge in [-0.05, 0) is 55.4 Å². The number of benzene rings is 1. The van der Waals surface area contributed by atoms with Crippen molar-refractivity contribution in [3.63, 3.8) is 0 Å². The second-order valence-electron chi connectivity index (χ2n) is 6.69. The molecular formula is C17H19N3O3S. The molecule has 1 N–H and O–H groups in total. The number of rotatable bonds is 4. The third-order valence-corrected chi connectivity index (χ3v) is 6.20. The summed E-state index contributed by atoms with van der Waals surface area (Å²) in [4.78, 5) is 26.0. The summed E-state index contributed by atoms with van der Waals surface area (Å²) < 4.78 is 0.987. The van der Waals surface area contributed by atoms with Crippen molar-refractivity contribution in [3.05, 3.63) is 44.8 Å². The lowest BCUT2D eigenvalue weighted by Gasteiger charge is -2.44. The Morgan fingerprint density at radius 1 is 1.33 bits per heavy atom. The van der Waals surface area contributed by atoms with Gasteiger partial charge in [-0.2, -0.15) is 0 Å². The van der Waals surface area contributed by atoms with E-state index in [1.165, 1.54) is 24.2 Å². The molecule has 1 atom stereocenters. The van der Waals surface area contributed by atoms with Crippen LogP contribution in [0.3, 0.4) is 0 Å². The fourth-order valence-electron chi connectivity index (χ4n) is 3.82. The smallest absolute Gasteiger partial charge is 0.261 e. The Balaban J connectivity index is 1.50. The highest BCUT2D eigenvalue weighted by Gasteiger charge is 2.35. The Morgan fingerprint density at radius 3 is 2.79 bits per heavy atom. The Labute approximate surface area is 143 Å². The number of fused-ring (bicyclic) bond motifs is 4. The van der Waals surface area contributed by atoms with Gasteiger partial charge in [0.2, 0.25) is 6.54 Å². The van der Waals surface area contributed by atoms with E-state index in [1.54, 1.807) is 12.1 Å². The van der Waals surface area contributed by atoms with Crippen molar-refractivity contribution in [1.82, 2.24) is 10.2 Å². The maximum absolute atomic E-state index is 12.6. The van der Waals surface area contributed by atoms with E-state index in [9.17, 15) is 14.9 Å². The van der Waals surface area contributed by atoms with Crippen LogP contribution in [0.2, 0.25) is 0 Å². The molecule has 0 spiro atoms. The van der Waals surface area contributed by atoms with Gasteiger partial charge in [-0.25, -0.2) is 0 Å². The van der Waals surface area contributed by atoms with Crippen molar-refractivity contribution in [1.29, 1.82) is 0 Å². The molecule has 4 heterocycles. The first kappa shape index (κ1) is 15.5. The predicted molar refractivity (Wildman–Crippen MR) is 92.9 cm³/mol. The molecule has 24 heavy (non-hydrogen) atoms. The molecule has 2 aromatic rings. The molecule has 1 amide bonds. The summed E-state index contributed by atoms with van der Waals surface area (Å²) in [7, 11) is 0. The molecule has 1 unspecified atom stereocenters. The van der Waals surface area contributed by atoms with Crippen LogP contribution in [0, 0.1) is 16.0 Å². The van der Waals surface area contributed by atoms with Gasteiger partial charge in [0.15, 0.2) is 0 Å². The lowest BCUT2D eigenvalue weighted by molar-refractivity contribution is -0.496. The zero-order valence-corrected chi connectivity index (χ0v) is 14.1. The first-order valence-corrected chi connectivity index (χ1v) is 9.07. The minimum atomic E-state index is -0.339. The van der Waals surface area contributed by atoms with Crippen LogP contribution in [-0.2, 0) is 6.54 Å². The number of amides is 1. The number of carbonyl (C=O) groups excluding carboxylic acids is 1. The Bertz CT molecular complexity index is 795.